The van der Waals surface area contributed by atoms with Crippen LogP contribution in [0.15, 0.2) is 102 Å². The fourth-order valence-electron chi connectivity index (χ4n) is 5.62. The highest BCUT2D eigenvalue weighted by Gasteiger charge is 2.37. The Morgan fingerprint density at radius 2 is 1.73 bits per heavy atom. The first kappa shape index (κ1) is 26.5. The Morgan fingerprint density at radius 3 is 2.55 bits per heavy atom. The van der Waals surface area contributed by atoms with E-state index in [4.69, 9.17) is 37.7 Å². The lowest BCUT2D eigenvalue weighted by molar-refractivity contribution is 0.269. The molecule has 0 radical (unpaired) electrons. The number of aliphatic imine (C=N–C) groups is 1. The Bertz CT molecular complexity index is 1560. The summed E-state index contributed by atoms with van der Waals surface area (Å²) >= 11 is 12.9. The predicted octanol–water partition coefficient (Wildman–Crippen LogP) is 9.55. The summed E-state index contributed by atoms with van der Waals surface area (Å²) in [4.78, 5) is 4.71. The number of fused-ring (bicyclic) bond motifs is 3. The summed E-state index contributed by atoms with van der Waals surface area (Å²) in [5.41, 5.74) is 6.47. The average molecular weight is 570 g/mol. The van der Waals surface area contributed by atoms with Crippen molar-refractivity contribution >= 4 is 40.8 Å². The van der Waals surface area contributed by atoms with Gasteiger partial charge in [0.25, 0.3) is 0 Å². The molecule has 1 N–H and O–H groups in total. The van der Waals surface area contributed by atoms with Gasteiger partial charge in [0.2, 0.25) is 0 Å². The second-order valence-electron chi connectivity index (χ2n) is 10.1. The van der Waals surface area contributed by atoms with Crippen molar-refractivity contribution in [3.05, 3.63) is 129 Å². The first-order chi connectivity index (χ1) is 19.6. The van der Waals surface area contributed by atoms with Crippen LogP contribution in [0.25, 0.3) is 0 Å². The van der Waals surface area contributed by atoms with E-state index >= 15 is 0 Å². The predicted molar refractivity (Wildman–Crippen MR) is 165 cm³/mol. The summed E-state index contributed by atoms with van der Waals surface area (Å²) in [7, 11) is 0. The molecule has 1 aliphatic heterocycles. The molecule has 6 heteroatoms. The molecule has 4 nitrogen and oxygen atoms in total. The van der Waals surface area contributed by atoms with Crippen molar-refractivity contribution in [1.82, 2.24) is 0 Å². The van der Waals surface area contributed by atoms with Crippen LogP contribution in [0.5, 0.6) is 11.5 Å². The summed E-state index contributed by atoms with van der Waals surface area (Å²) in [6.45, 7) is 2.70. The molecule has 2 aliphatic rings. The van der Waals surface area contributed by atoms with E-state index in [0.717, 1.165) is 23.2 Å². The highest BCUT2D eigenvalue weighted by molar-refractivity contribution is 6.32. The molecule has 0 saturated carbocycles. The molecule has 40 heavy (non-hydrogen) atoms. The number of hydrogen-bond acceptors (Lipinski definition) is 4. The number of ether oxygens (including phenoxy) is 2. The van der Waals surface area contributed by atoms with Gasteiger partial charge in [-0.25, -0.2) is 0 Å². The molecule has 0 amide bonds. The van der Waals surface area contributed by atoms with Gasteiger partial charge < -0.3 is 14.8 Å². The lowest BCUT2D eigenvalue weighted by Gasteiger charge is -2.37. The van der Waals surface area contributed by atoms with Gasteiger partial charge in [0.1, 0.15) is 6.61 Å². The monoisotopic (exact) mass is 568 g/mol. The number of rotatable bonds is 8. The lowest BCUT2D eigenvalue weighted by atomic mass is 9.77. The van der Waals surface area contributed by atoms with Crippen LogP contribution in [0.2, 0.25) is 10.0 Å². The van der Waals surface area contributed by atoms with Gasteiger partial charge in [-0.3, -0.25) is 4.99 Å². The Labute approximate surface area is 245 Å². The minimum absolute atomic E-state index is 0.263. The highest BCUT2D eigenvalue weighted by Crippen LogP contribution is 2.49. The normalized spacial score (nSPS) is 19.2. The van der Waals surface area contributed by atoms with E-state index in [1.807, 2.05) is 43.3 Å². The number of benzene rings is 4. The lowest BCUT2D eigenvalue weighted by Crippen LogP contribution is -2.28. The van der Waals surface area contributed by atoms with Crippen molar-refractivity contribution in [2.24, 2.45) is 10.9 Å². The molecular formula is C34H30Cl2N2O2. The maximum Gasteiger partial charge on any atom is 0.180 e. The zero-order valence-corrected chi connectivity index (χ0v) is 23.7. The van der Waals surface area contributed by atoms with Gasteiger partial charge in [-0.2, -0.15) is 0 Å². The fourth-order valence-corrected chi connectivity index (χ4v) is 6.09. The molecule has 4 aromatic rings. The van der Waals surface area contributed by atoms with Crippen molar-refractivity contribution in [3.63, 3.8) is 0 Å². The largest absolute Gasteiger partial charge is 0.490 e. The minimum atomic E-state index is 0.263. The SMILES string of the molecule is CCOc1cc(C=Nc2ccc([C@@H]3Nc4ccccc4[C@H]4C=CC[C@H]43)cc2)cc(Cl)c1OCc1ccccc1Cl. The van der Waals surface area contributed by atoms with Crippen LogP contribution in [0.3, 0.4) is 0 Å². The topological polar surface area (TPSA) is 42.8 Å². The molecule has 1 heterocycles. The summed E-state index contributed by atoms with van der Waals surface area (Å²) in [5.74, 6) is 2.04. The average Bonchev–Trinajstić information content (AvgIpc) is 3.47. The van der Waals surface area contributed by atoms with Crippen molar-refractivity contribution in [3.8, 4) is 11.5 Å². The second-order valence-corrected chi connectivity index (χ2v) is 10.9. The summed E-state index contributed by atoms with van der Waals surface area (Å²) in [6.07, 6.45) is 7.56. The van der Waals surface area contributed by atoms with Gasteiger partial charge in [0.05, 0.1) is 23.4 Å². The number of nitrogens with one attached hydrogen (secondary N) is 1. The quantitative estimate of drug-likeness (QED) is 0.170. The van der Waals surface area contributed by atoms with E-state index in [2.05, 4.69) is 66.0 Å². The number of halogens is 2. The molecule has 0 saturated heterocycles. The minimum Gasteiger partial charge on any atom is -0.490 e. The molecule has 6 rings (SSSR count). The molecular weight excluding hydrogens is 539 g/mol. The fraction of sp³-hybridized carbons (Fsp3) is 0.206. The molecule has 0 unspecified atom stereocenters. The second kappa shape index (κ2) is 11.8. The zero-order chi connectivity index (χ0) is 27.5. The van der Waals surface area contributed by atoms with Crippen LogP contribution in [0.1, 0.15) is 47.6 Å². The molecule has 1 aliphatic carbocycles. The number of nitrogens with zero attached hydrogens (tertiary/aromatic N) is 1. The van der Waals surface area contributed by atoms with E-state index in [-0.39, 0.29) is 6.04 Å². The number of hydrogen-bond donors (Lipinski definition) is 1. The third kappa shape index (κ3) is 5.47. The Kier molecular flexibility index (Phi) is 7.81. The maximum atomic E-state index is 6.63. The van der Waals surface area contributed by atoms with Crippen LogP contribution in [-0.4, -0.2) is 12.8 Å². The van der Waals surface area contributed by atoms with Crippen LogP contribution in [0.4, 0.5) is 11.4 Å². The molecule has 0 spiro atoms. The van der Waals surface area contributed by atoms with Crippen molar-refractivity contribution in [2.75, 3.05) is 11.9 Å². The van der Waals surface area contributed by atoms with Gasteiger partial charge in [-0.15, -0.1) is 0 Å². The van der Waals surface area contributed by atoms with Crippen LogP contribution < -0.4 is 14.8 Å². The van der Waals surface area contributed by atoms with E-state index < -0.39 is 0 Å². The summed E-state index contributed by atoms with van der Waals surface area (Å²) in [5, 5.41) is 4.89. The smallest absolute Gasteiger partial charge is 0.180 e. The molecule has 4 aromatic carbocycles. The zero-order valence-electron chi connectivity index (χ0n) is 22.2. The van der Waals surface area contributed by atoms with E-state index in [1.165, 1.54) is 16.8 Å². The van der Waals surface area contributed by atoms with E-state index in [1.54, 1.807) is 6.21 Å². The van der Waals surface area contributed by atoms with E-state index in [9.17, 15) is 0 Å². The van der Waals surface area contributed by atoms with Crippen LogP contribution >= 0.6 is 23.2 Å². The highest BCUT2D eigenvalue weighted by atomic mass is 35.5. The summed E-state index contributed by atoms with van der Waals surface area (Å²) in [6, 6.07) is 28.7. The van der Waals surface area contributed by atoms with Crippen molar-refractivity contribution in [2.45, 2.75) is 31.9 Å². The van der Waals surface area contributed by atoms with Crippen LogP contribution in [-0.2, 0) is 6.61 Å². The first-order valence-corrected chi connectivity index (χ1v) is 14.3. The van der Waals surface area contributed by atoms with Gasteiger partial charge in [0.15, 0.2) is 11.5 Å². The van der Waals surface area contributed by atoms with Gasteiger partial charge in [0, 0.05) is 28.4 Å². The van der Waals surface area contributed by atoms with Gasteiger partial charge in [-0.1, -0.05) is 83.9 Å². The number of para-hydroxylation sites is 1. The van der Waals surface area contributed by atoms with Crippen molar-refractivity contribution < 1.29 is 9.47 Å². The van der Waals surface area contributed by atoms with Crippen molar-refractivity contribution in [1.29, 1.82) is 0 Å². The Balaban J connectivity index is 1.18. The van der Waals surface area contributed by atoms with E-state index in [0.29, 0.717) is 46.6 Å². The third-order valence-electron chi connectivity index (χ3n) is 7.55. The third-order valence-corrected chi connectivity index (χ3v) is 8.20. The van der Waals surface area contributed by atoms with Gasteiger partial charge >= 0.3 is 0 Å². The van der Waals surface area contributed by atoms with Gasteiger partial charge in [-0.05, 0) is 72.4 Å². The maximum absolute atomic E-state index is 6.63. The molecule has 202 valence electrons. The Morgan fingerprint density at radius 1 is 0.925 bits per heavy atom. The molecule has 0 aromatic heterocycles. The van der Waals surface area contributed by atoms with Crippen LogP contribution in [0, 0.1) is 5.92 Å². The number of allylic oxidation sites excluding steroid dienone is 2. The first-order valence-electron chi connectivity index (χ1n) is 13.6. The standard InChI is InChI=1S/C34H30Cl2N2O2/c1-2-39-32-19-22(18-30(36)34(32)40-21-24-8-3-5-12-29(24)35)20-37-25-16-14-23(15-17-25)33-28-11-7-10-26(28)27-9-4-6-13-31(27)38-33/h3-10,12-20,26,28,33,38H,2,11,21H2,1H3/t26-,28-,33+/m1/s1. The molecule has 0 bridgehead atoms. The summed E-state index contributed by atoms with van der Waals surface area (Å²) < 4.78 is 11.9. The Hall–Kier alpha value is -3.73. The molecule has 3 atom stereocenters. The number of anilines is 1. The molecule has 0 fully saturated rings.